The van der Waals surface area contributed by atoms with Crippen molar-refractivity contribution >= 4 is 54.0 Å². The predicted molar refractivity (Wildman–Crippen MR) is 152 cm³/mol. The van der Waals surface area contributed by atoms with Crippen LogP contribution in [0.25, 0.3) is 42.3 Å². The Morgan fingerprint density at radius 2 is 1.58 bits per heavy atom. The molecule has 1 N–H and O–H groups in total. The van der Waals surface area contributed by atoms with Gasteiger partial charge in [-0.05, 0) is 37.5 Å². The van der Waals surface area contributed by atoms with Crippen molar-refractivity contribution in [3.8, 4) is 11.1 Å². The molecule has 0 unspecified atom stereocenters. The normalized spacial score (nSPS) is 16.9. The number of hydrogen-bond acceptors (Lipinski definition) is 6. The summed E-state index contributed by atoms with van der Waals surface area (Å²) in [5.41, 5.74) is 4.15. The van der Waals surface area contributed by atoms with Gasteiger partial charge in [0.15, 0.2) is 11.3 Å². The third kappa shape index (κ3) is 3.59. The molecule has 0 radical (unpaired) electrons. The molecule has 2 aliphatic rings. The van der Waals surface area contributed by atoms with Crippen molar-refractivity contribution in [2.75, 3.05) is 49.1 Å². The molecule has 0 amide bonds. The summed E-state index contributed by atoms with van der Waals surface area (Å²) in [5, 5.41) is 6.72. The Kier molecular flexibility index (Phi) is 5.44. The van der Waals surface area contributed by atoms with Gasteiger partial charge in [-0.2, -0.15) is 0 Å². The number of piperazine rings is 1. The lowest BCUT2D eigenvalue weighted by Gasteiger charge is -2.30. The van der Waals surface area contributed by atoms with E-state index in [9.17, 15) is 4.79 Å². The molecule has 6 heteroatoms. The first-order valence-electron chi connectivity index (χ1n) is 13.0. The Bertz CT molecular complexity index is 1640. The van der Waals surface area contributed by atoms with Gasteiger partial charge >= 0.3 is 0 Å². The van der Waals surface area contributed by atoms with Crippen LogP contribution < -0.4 is 20.5 Å². The summed E-state index contributed by atoms with van der Waals surface area (Å²) < 4.78 is 9.09. The highest BCUT2D eigenvalue weighted by molar-refractivity contribution is 7.26. The Balaban J connectivity index is 1.48. The number of rotatable bonds is 3. The van der Waals surface area contributed by atoms with Crippen LogP contribution in [-0.2, 0) is 0 Å². The van der Waals surface area contributed by atoms with Crippen LogP contribution in [0.3, 0.4) is 0 Å². The summed E-state index contributed by atoms with van der Waals surface area (Å²) in [6.07, 6.45) is 3.52. The molecule has 2 aromatic heterocycles. The van der Waals surface area contributed by atoms with Gasteiger partial charge in [0.2, 0.25) is 0 Å². The molecule has 0 atom stereocenters. The van der Waals surface area contributed by atoms with Crippen molar-refractivity contribution in [1.82, 2.24) is 5.32 Å². The zero-order valence-electron chi connectivity index (χ0n) is 20.3. The molecule has 0 aliphatic carbocycles. The Morgan fingerprint density at radius 1 is 0.778 bits per heavy atom. The van der Waals surface area contributed by atoms with Crippen LogP contribution in [0.2, 0.25) is 0 Å². The van der Waals surface area contributed by atoms with Gasteiger partial charge in [0.25, 0.3) is 0 Å². The maximum atomic E-state index is 13.2. The fourth-order valence-electron chi connectivity index (χ4n) is 5.84. The molecule has 36 heavy (non-hydrogen) atoms. The molecule has 0 spiro atoms. The highest BCUT2D eigenvalue weighted by Crippen LogP contribution is 2.46. The molecule has 0 saturated carbocycles. The van der Waals surface area contributed by atoms with Crippen LogP contribution in [0, 0.1) is 0 Å². The number of para-hydroxylation sites is 1. The number of piperidine rings is 1. The fourth-order valence-corrected chi connectivity index (χ4v) is 7.09. The Hall–Kier alpha value is -3.35. The smallest absolute Gasteiger partial charge is 0.200 e. The number of fused-ring (bicyclic) bond motifs is 4. The second-order valence-corrected chi connectivity index (χ2v) is 10.9. The van der Waals surface area contributed by atoms with Gasteiger partial charge in [-0.1, -0.05) is 36.4 Å². The molecular formula is C30H29N3O2S. The lowest BCUT2D eigenvalue weighted by molar-refractivity contribution is 0.513. The van der Waals surface area contributed by atoms with Gasteiger partial charge in [-0.3, -0.25) is 4.79 Å². The van der Waals surface area contributed by atoms with E-state index in [0.717, 1.165) is 63.2 Å². The van der Waals surface area contributed by atoms with E-state index in [2.05, 4.69) is 57.6 Å². The molecule has 5 aromatic rings. The summed E-state index contributed by atoms with van der Waals surface area (Å²) in [6.45, 7) is 5.88. The number of hydrogen-bond donors (Lipinski definition) is 1. The minimum Gasteiger partial charge on any atom is -0.440 e. The standard InChI is InChI=1S/C30H29N3O2S/c34-25-19-27(33-15-4-1-5-16-33)35-29-20(8-6-9-22(25)29)21-11-12-24(32-17-13-31-14-18-32)28-23-7-2-3-10-26(23)36-30(21)28/h2-3,6-12,19,31H,1,4-5,13-18H2. The first-order valence-corrected chi connectivity index (χ1v) is 13.8. The van der Waals surface area contributed by atoms with Crippen LogP contribution in [0.5, 0.6) is 0 Å². The number of nitrogens with one attached hydrogen (secondary N) is 1. The average Bonchev–Trinajstić information content (AvgIpc) is 3.33. The van der Waals surface area contributed by atoms with E-state index in [1.807, 2.05) is 23.5 Å². The maximum absolute atomic E-state index is 13.2. The predicted octanol–water partition coefficient (Wildman–Crippen LogP) is 6.23. The second kappa shape index (κ2) is 8.95. The van der Waals surface area contributed by atoms with Gasteiger partial charge in [-0.25, -0.2) is 0 Å². The van der Waals surface area contributed by atoms with Crippen molar-refractivity contribution < 1.29 is 4.42 Å². The van der Waals surface area contributed by atoms with E-state index in [1.165, 1.54) is 32.3 Å². The highest BCUT2D eigenvalue weighted by atomic mass is 32.1. The topological polar surface area (TPSA) is 48.7 Å². The van der Waals surface area contributed by atoms with Crippen molar-refractivity contribution in [1.29, 1.82) is 0 Å². The lowest BCUT2D eigenvalue weighted by atomic mass is 9.98. The minimum absolute atomic E-state index is 0.0312. The molecule has 2 fully saturated rings. The van der Waals surface area contributed by atoms with Crippen molar-refractivity contribution in [2.24, 2.45) is 0 Å². The molecule has 5 nitrogen and oxygen atoms in total. The second-order valence-electron chi connectivity index (χ2n) is 9.85. The SMILES string of the molecule is O=c1cc(N2CCCCC2)oc2c(-c3ccc(N4CCNCC4)c4c3sc3ccccc34)cccc12. The summed E-state index contributed by atoms with van der Waals surface area (Å²) in [7, 11) is 0. The quantitative estimate of drug-likeness (QED) is 0.322. The van der Waals surface area contributed by atoms with E-state index in [0.29, 0.717) is 16.9 Å². The summed E-state index contributed by atoms with van der Waals surface area (Å²) in [5.74, 6) is 0.699. The molecule has 2 aliphatic heterocycles. The van der Waals surface area contributed by atoms with Crippen LogP contribution in [0.1, 0.15) is 19.3 Å². The lowest BCUT2D eigenvalue weighted by Crippen LogP contribution is -2.43. The first kappa shape index (κ1) is 21.9. The summed E-state index contributed by atoms with van der Waals surface area (Å²) in [4.78, 5) is 17.9. The van der Waals surface area contributed by atoms with E-state index in [-0.39, 0.29) is 5.43 Å². The minimum atomic E-state index is 0.0312. The number of anilines is 2. The number of benzene rings is 3. The van der Waals surface area contributed by atoms with Crippen molar-refractivity contribution in [3.05, 3.63) is 70.9 Å². The molecular weight excluding hydrogens is 466 g/mol. The highest BCUT2D eigenvalue weighted by Gasteiger charge is 2.22. The molecule has 7 rings (SSSR count). The molecule has 2 saturated heterocycles. The van der Waals surface area contributed by atoms with Gasteiger partial charge < -0.3 is 19.5 Å². The zero-order valence-corrected chi connectivity index (χ0v) is 21.1. The van der Waals surface area contributed by atoms with Gasteiger partial charge in [-0.15, -0.1) is 11.3 Å². The van der Waals surface area contributed by atoms with Crippen molar-refractivity contribution in [3.63, 3.8) is 0 Å². The van der Waals surface area contributed by atoms with Crippen LogP contribution >= 0.6 is 11.3 Å². The molecule has 182 valence electrons. The summed E-state index contributed by atoms with van der Waals surface area (Å²) >= 11 is 1.83. The Labute approximate surface area is 213 Å². The average molecular weight is 496 g/mol. The first-order chi connectivity index (χ1) is 17.8. The van der Waals surface area contributed by atoms with Crippen LogP contribution in [0.15, 0.2) is 69.9 Å². The largest absolute Gasteiger partial charge is 0.440 e. The van der Waals surface area contributed by atoms with Gasteiger partial charge in [0.1, 0.15) is 5.58 Å². The van der Waals surface area contributed by atoms with Gasteiger partial charge in [0, 0.05) is 82.3 Å². The number of thiophene rings is 1. The fraction of sp³-hybridized carbons (Fsp3) is 0.300. The summed E-state index contributed by atoms with van der Waals surface area (Å²) in [6, 6.07) is 20.9. The molecule has 3 aromatic carbocycles. The van der Waals surface area contributed by atoms with Crippen LogP contribution in [0.4, 0.5) is 11.6 Å². The van der Waals surface area contributed by atoms with E-state index in [4.69, 9.17) is 4.42 Å². The number of nitrogens with zero attached hydrogens (tertiary/aromatic N) is 2. The molecule has 4 heterocycles. The molecule has 0 bridgehead atoms. The maximum Gasteiger partial charge on any atom is 0.200 e. The van der Waals surface area contributed by atoms with Crippen LogP contribution in [-0.4, -0.2) is 39.3 Å². The zero-order chi connectivity index (χ0) is 24.1. The van der Waals surface area contributed by atoms with Crippen molar-refractivity contribution in [2.45, 2.75) is 19.3 Å². The Morgan fingerprint density at radius 3 is 2.44 bits per heavy atom. The van der Waals surface area contributed by atoms with E-state index >= 15 is 0 Å². The van der Waals surface area contributed by atoms with E-state index in [1.54, 1.807) is 6.07 Å². The third-order valence-electron chi connectivity index (χ3n) is 7.66. The monoisotopic (exact) mass is 495 g/mol. The third-order valence-corrected chi connectivity index (χ3v) is 8.87. The van der Waals surface area contributed by atoms with Gasteiger partial charge in [0.05, 0.1) is 5.39 Å². The van der Waals surface area contributed by atoms with E-state index < -0.39 is 0 Å².